The van der Waals surface area contributed by atoms with Gasteiger partial charge in [0.25, 0.3) is 0 Å². The molecule has 0 radical (unpaired) electrons. The van der Waals surface area contributed by atoms with Crippen LogP contribution in [0.15, 0.2) is 23.2 Å². The monoisotopic (exact) mass is 498 g/mol. The van der Waals surface area contributed by atoms with Gasteiger partial charge in [-0.1, -0.05) is 23.2 Å². The van der Waals surface area contributed by atoms with Crippen molar-refractivity contribution in [1.29, 1.82) is 0 Å². The van der Waals surface area contributed by atoms with Crippen LogP contribution < -0.4 is 10.6 Å². The number of nitrogens with zero attached hydrogens (tertiary/aromatic N) is 2. The maximum absolute atomic E-state index is 6.00. The third-order valence-corrected chi connectivity index (χ3v) is 4.84. The molecule has 0 amide bonds. The highest BCUT2D eigenvalue weighted by atomic mass is 127. The fraction of sp³-hybridized carbons (Fsp3) is 0.375. The molecule has 0 aliphatic rings. The van der Waals surface area contributed by atoms with Crippen LogP contribution in [0.1, 0.15) is 21.1 Å². The van der Waals surface area contributed by atoms with Gasteiger partial charge in [0, 0.05) is 28.5 Å². The summed E-state index contributed by atoms with van der Waals surface area (Å²) in [5, 5.41) is 8.92. The third kappa shape index (κ3) is 6.74. The second-order valence-electron chi connectivity index (χ2n) is 5.13. The summed E-state index contributed by atoms with van der Waals surface area (Å²) in [6.45, 7) is 5.52. The van der Waals surface area contributed by atoms with Crippen LogP contribution in [0.5, 0.6) is 0 Å². The lowest BCUT2D eigenvalue weighted by Crippen LogP contribution is -2.37. The second-order valence-corrected chi connectivity index (χ2v) is 7.29. The van der Waals surface area contributed by atoms with E-state index in [0.29, 0.717) is 16.6 Å². The number of guanidine groups is 1. The lowest BCUT2D eigenvalue weighted by molar-refractivity contribution is 0.790. The summed E-state index contributed by atoms with van der Waals surface area (Å²) in [4.78, 5) is 9.98. The number of aliphatic imine (C=N–C) groups is 1. The molecule has 0 fully saturated rings. The standard InChI is InChI=1S/C16H20Cl2N4S.HI/c1-10-11(2)23-15(22-10)9-21-16(19-3)20-5-4-12-6-13(17)8-14(18)7-12;/h6-8H,4-5,9H2,1-3H3,(H2,19,20,21);1H. The Kier molecular flexibility index (Phi) is 9.33. The van der Waals surface area contributed by atoms with Gasteiger partial charge >= 0.3 is 0 Å². The van der Waals surface area contributed by atoms with Crippen molar-refractivity contribution in [3.8, 4) is 0 Å². The van der Waals surface area contributed by atoms with E-state index in [0.717, 1.165) is 35.2 Å². The number of thiazole rings is 1. The first-order valence-corrected chi connectivity index (χ1v) is 8.87. The van der Waals surface area contributed by atoms with Crippen molar-refractivity contribution in [3.63, 3.8) is 0 Å². The molecule has 1 aromatic heterocycles. The van der Waals surface area contributed by atoms with Gasteiger partial charge in [-0.15, -0.1) is 35.3 Å². The number of rotatable bonds is 5. The van der Waals surface area contributed by atoms with Gasteiger partial charge in [-0.2, -0.15) is 0 Å². The zero-order valence-corrected chi connectivity index (χ0v) is 18.5. The normalized spacial score (nSPS) is 11.1. The highest BCUT2D eigenvalue weighted by Crippen LogP contribution is 2.19. The minimum Gasteiger partial charge on any atom is -0.356 e. The van der Waals surface area contributed by atoms with E-state index < -0.39 is 0 Å². The van der Waals surface area contributed by atoms with Crippen LogP contribution >= 0.6 is 58.5 Å². The minimum absolute atomic E-state index is 0. The predicted octanol–water partition coefficient (Wildman–Crippen LogP) is 4.59. The Balaban J connectivity index is 0.00000288. The summed E-state index contributed by atoms with van der Waals surface area (Å²) >= 11 is 13.7. The lowest BCUT2D eigenvalue weighted by Gasteiger charge is -2.11. The van der Waals surface area contributed by atoms with Crippen molar-refractivity contribution in [2.24, 2.45) is 4.99 Å². The Morgan fingerprint density at radius 3 is 2.38 bits per heavy atom. The summed E-state index contributed by atoms with van der Waals surface area (Å²) in [5.41, 5.74) is 2.18. The molecule has 2 aromatic rings. The first kappa shape index (κ1) is 21.5. The zero-order chi connectivity index (χ0) is 16.8. The molecule has 1 heterocycles. The molecular weight excluding hydrogens is 478 g/mol. The van der Waals surface area contributed by atoms with E-state index in [1.807, 2.05) is 19.1 Å². The zero-order valence-electron chi connectivity index (χ0n) is 13.8. The fourth-order valence-corrected chi connectivity index (χ4v) is 3.52. The highest BCUT2D eigenvalue weighted by molar-refractivity contribution is 14.0. The lowest BCUT2D eigenvalue weighted by atomic mass is 10.1. The van der Waals surface area contributed by atoms with Gasteiger partial charge in [0.05, 0.1) is 12.2 Å². The molecule has 0 atom stereocenters. The number of benzene rings is 1. The van der Waals surface area contributed by atoms with Crippen LogP contribution in [0.3, 0.4) is 0 Å². The number of aromatic nitrogens is 1. The van der Waals surface area contributed by atoms with E-state index >= 15 is 0 Å². The Bertz CT molecular complexity index is 664. The summed E-state index contributed by atoms with van der Waals surface area (Å²) in [6.07, 6.45) is 0.816. The summed E-state index contributed by atoms with van der Waals surface area (Å²) < 4.78 is 0. The van der Waals surface area contributed by atoms with Crippen LogP contribution in [0.2, 0.25) is 10.0 Å². The maximum atomic E-state index is 6.00. The van der Waals surface area contributed by atoms with E-state index in [9.17, 15) is 0 Å². The van der Waals surface area contributed by atoms with Crippen molar-refractivity contribution < 1.29 is 0 Å². The van der Waals surface area contributed by atoms with Crippen LogP contribution in [0.4, 0.5) is 0 Å². The fourth-order valence-electron chi connectivity index (χ4n) is 2.08. The molecule has 0 spiro atoms. The number of nitrogens with one attached hydrogen (secondary N) is 2. The Labute approximate surface area is 174 Å². The molecular formula is C16H21Cl2IN4S. The summed E-state index contributed by atoms with van der Waals surface area (Å²) in [6, 6.07) is 5.58. The molecule has 0 saturated carbocycles. The first-order chi connectivity index (χ1) is 11.0. The second kappa shape index (κ2) is 10.4. The van der Waals surface area contributed by atoms with Gasteiger partial charge < -0.3 is 10.6 Å². The number of aryl methyl sites for hydroxylation is 2. The molecule has 1 aromatic carbocycles. The SMILES string of the molecule is CN=C(NCCc1cc(Cl)cc(Cl)c1)NCc1nc(C)c(C)s1.I. The van der Waals surface area contributed by atoms with Crippen LogP contribution in [0, 0.1) is 13.8 Å². The third-order valence-electron chi connectivity index (χ3n) is 3.33. The van der Waals surface area contributed by atoms with Crippen molar-refractivity contribution in [2.45, 2.75) is 26.8 Å². The van der Waals surface area contributed by atoms with Crippen LogP contribution in [0.25, 0.3) is 0 Å². The van der Waals surface area contributed by atoms with Crippen molar-refractivity contribution in [3.05, 3.63) is 49.4 Å². The molecule has 0 aliphatic carbocycles. The smallest absolute Gasteiger partial charge is 0.191 e. The molecule has 132 valence electrons. The van der Waals surface area contributed by atoms with Crippen LogP contribution in [-0.2, 0) is 13.0 Å². The van der Waals surface area contributed by atoms with Gasteiger partial charge in [0.15, 0.2) is 5.96 Å². The molecule has 2 N–H and O–H groups in total. The molecule has 8 heteroatoms. The van der Waals surface area contributed by atoms with Crippen molar-refractivity contribution in [2.75, 3.05) is 13.6 Å². The van der Waals surface area contributed by atoms with E-state index in [4.69, 9.17) is 23.2 Å². The molecule has 24 heavy (non-hydrogen) atoms. The van der Waals surface area contributed by atoms with Crippen molar-refractivity contribution >= 4 is 64.5 Å². The number of hydrogen-bond donors (Lipinski definition) is 2. The largest absolute Gasteiger partial charge is 0.356 e. The van der Waals surface area contributed by atoms with Gasteiger partial charge in [0.2, 0.25) is 0 Å². The maximum Gasteiger partial charge on any atom is 0.191 e. The molecule has 4 nitrogen and oxygen atoms in total. The molecule has 0 bridgehead atoms. The molecule has 0 aliphatic heterocycles. The quantitative estimate of drug-likeness (QED) is 0.360. The molecule has 0 saturated heterocycles. The first-order valence-electron chi connectivity index (χ1n) is 7.30. The summed E-state index contributed by atoms with van der Waals surface area (Å²) in [7, 11) is 1.75. The van der Waals surface area contributed by atoms with E-state index in [2.05, 4.69) is 27.5 Å². The van der Waals surface area contributed by atoms with E-state index in [1.165, 1.54) is 4.88 Å². The molecule has 2 rings (SSSR count). The van der Waals surface area contributed by atoms with Gasteiger partial charge in [-0.25, -0.2) is 4.98 Å². The average Bonchev–Trinajstić information content (AvgIpc) is 2.80. The number of hydrogen-bond acceptors (Lipinski definition) is 3. The molecule has 0 unspecified atom stereocenters. The number of halogens is 3. The van der Waals surface area contributed by atoms with E-state index in [-0.39, 0.29) is 24.0 Å². The Morgan fingerprint density at radius 1 is 1.17 bits per heavy atom. The Morgan fingerprint density at radius 2 is 1.83 bits per heavy atom. The van der Waals surface area contributed by atoms with Gasteiger partial charge in [-0.3, -0.25) is 4.99 Å². The Hall–Kier alpha value is -0.570. The topological polar surface area (TPSA) is 49.3 Å². The summed E-state index contributed by atoms with van der Waals surface area (Å²) in [5.74, 6) is 0.753. The van der Waals surface area contributed by atoms with Crippen LogP contribution in [-0.4, -0.2) is 24.5 Å². The van der Waals surface area contributed by atoms with Gasteiger partial charge in [-0.05, 0) is 44.0 Å². The van der Waals surface area contributed by atoms with Gasteiger partial charge in [0.1, 0.15) is 5.01 Å². The minimum atomic E-state index is 0. The van der Waals surface area contributed by atoms with E-state index in [1.54, 1.807) is 24.5 Å². The average molecular weight is 499 g/mol. The highest BCUT2D eigenvalue weighted by Gasteiger charge is 2.05. The van der Waals surface area contributed by atoms with Crippen molar-refractivity contribution in [1.82, 2.24) is 15.6 Å². The predicted molar refractivity (Wildman–Crippen MR) is 115 cm³/mol.